The summed E-state index contributed by atoms with van der Waals surface area (Å²) in [5.41, 5.74) is 5.47. The predicted octanol–water partition coefficient (Wildman–Crippen LogP) is 6.61. The molecule has 2 aliphatic heterocycles. The second-order valence-electron chi connectivity index (χ2n) is 9.10. The molecule has 0 N–H and O–H groups in total. The summed E-state index contributed by atoms with van der Waals surface area (Å²) in [5, 5.41) is 0.290. The minimum atomic E-state index is -0.265. The lowest BCUT2D eigenvalue weighted by Gasteiger charge is -2.45. The van der Waals surface area contributed by atoms with Gasteiger partial charge >= 0.3 is 0 Å². The number of rotatable bonds is 3. The van der Waals surface area contributed by atoms with E-state index in [1.165, 1.54) is 16.2 Å². The van der Waals surface area contributed by atoms with Crippen LogP contribution in [0.2, 0.25) is 5.02 Å². The molecule has 1 saturated heterocycles. The summed E-state index contributed by atoms with van der Waals surface area (Å²) in [5.74, 6) is 0.155. The maximum atomic E-state index is 13.0. The van der Waals surface area contributed by atoms with E-state index in [0.717, 1.165) is 34.9 Å². The van der Waals surface area contributed by atoms with Crippen LogP contribution in [0.4, 0.5) is 10.5 Å². The normalized spacial score (nSPS) is 21.7. The van der Waals surface area contributed by atoms with E-state index in [4.69, 9.17) is 11.6 Å². The lowest BCUT2D eigenvalue weighted by Crippen LogP contribution is -2.45. The topological polar surface area (TPSA) is 40.6 Å². The van der Waals surface area contributed by atoms with Gasteiger partial charge in [-0.15, -0.1) is 0 Å². The molecule has 31 heavy (non-hydrogen) atoms. The highest BCUT2D eigenvalue weighted by Gasteiger charge is 2.37. The first kappa shape index (κ1) is 22.0. The van der Waals surface area contributed by atoms with Crippen LogP contribution in [-0.4, -0.2) is 28.6 Å². The van der Waals surface area contributed by atoms with Crippen molar-refractivity contribution < 1.29 is 9.59 Å². The number of amides is 2. The second-order valence-corrected chi connectivity index (χ2v) is 10.5. The van der Waals surface area contributed by atoms with Crippen LogP contribution in [0.1, 0.15) is 55.4 Å². The van der Waals surface area contributed by atoms with Crippen LogP contribution in [0.15, 0.2) is 41.3 Å². The van der Waals surface area contributed by atoms with Crippen LogP contribution < -0.4 is 4.90 Å². The molecule has 1 fully saturated rings. The van der Waals surface area contributed by atoms with Gasteiger partial charge in [0.05, 0.1) is 11.4 Å². The highest BCUT2D eigenvalue weighted by molar-refractivity contribution is 8.18. The van der Waals surface area contributed by atoms with Gasteiger partial charge in [-0.05, 0) is 91.4 Å². The highest BCUT2D eigenvalue weighted by Crippen LogP contribution is 2.44. The number of thioether (sulfide) groups is 1. The molecular weight excluding hydrogens is 428 g/mol. The number of anilines is 1. The van der Waals surface area contributed by atoms with E-state index in [9.17, 15) is 9.59 Å². The van der Waals surface area contributed by atoms with Gasteiger partial charge in [0.1, 0.15) is 0 Å². The fraction of sp³-hybridized carbons (Fsp3) is 0.360. The van der Waals surface area contributed by atoms with Gasteiger partial charge in [0.2, 0.25) is 0 Å². The van der Waals surface area contributed by atoms with Gasteiger partial charge in [0.25, 0.3) is 11.1 Å². The summed E-state index contributed by atoms with van der Waals surface area (Å²) in [6.45, 7) is 9.03. The molecule has 2 aromatic rings. The summed E-state index contributed by atoms with van der Waals surface area (Å²) < 4.78 is 0. The third kappa shape index (κ3) is 4.01. The standard InChI is InChI=1S/C25H27ClN2O2S/c1-15-10-21-19(16(2)13-25(3,4)27(21)5)11-18(15)12-22-23(29)28(24(30)31-22)14-17-8-6-7-9-20(17)26/h6-12,16H,13-14H2,1-5H3/b22-12-/t16-/m0/s1. The van der Waals surface area contributed by atoms with Crippen LogP contribution in [0.3, 0.4) is 0 Å². The van der Waals surface area contributed by atoms with Crippen molar-refractivity contribution in [3.8, 4) is 0 Å². The number of halogens is 1. The molecule has 0 radical (unpaired) electrons. The number of carbonyl (C=O) groups is 2. The molecular formula is C25H27ClN2O2S. The zero-order valence-electron chi connectivity index (χ0n) is 18.5. The molecule has 1 atom stereocenters. The van der Waals surface area contributed by atoms with Gasteiger partial charge in [-0.25, -0.2) is 0 Å². The van der Waals surface area contributed by atoms with Crippen LogP contribution in [0.25, 0.3) is 6.08 Å². The van der Waals surface area contributed by atoms with Gasteiger partial charge in [0.15, 0.2) is 0 Å². The lowest BCUT2D eigenvalue weighted by molar-refractivity contribution is -0.123. The predicted molar refractivity (Wildman–Crippen MR) is 130 cm³/mol. The summed E-state index contributed by atoms with van der Waals surface area (Å²) in [6, 6.07) is 11.7. The van der Waals surface area contributed by atoms with Gasteiger partial charge in [0, 0.05) is 23.3 Å². The van der Waals surface area contributed by atoms with Crippen LogP contribution >= 0.6 is 23.4 Å². The first-order valence-electron chi connectivity index (χ1n) is 10.5. The molecule has 0 spiro atoms. The van der Waals surface area contributed by atoms with E-state index in [2.05, 4.69) is 51.8 Å². The van der Waals surface area contributed by atoms with Gasteiger partial charge in [-0.1, -0.05) is 36.7 Å². The minimum Gasteiger partial charge on any atom is -0.369 e. The van der Waals surface area contributed by atoms with E-state index < -0.39 is 0 Å². The van der Waals surface area contributed by atoms with Crippen molar-refractivity contribution in [2.24, 2.45) is 0 Å². The Balaban J connectivity index is 1.65. The molecule has 162 valence electrons. The van der Waals surface area contributed by atoms with Gasteiger partial charge in [-0.3, -0.25) is 14.5 Å². The molecule has 2 aliphatic rings. The second kappa shape index (κ2) is 8.03. The summed E-state index contributed by atoms with van der Waals surface area (Å²) in [7, 11) is 2.14. The van der Waals surface area contributed by atoms with Crippen molar-refractivity contribution in [2.45, 2.75) is 52.1 Å². The maximum Gasteiger partial charge on any atom is 0.293 e. The Hall–Kier alpha value is -2.24. The van der Waals surface area contributed by atoms with Gasteiger partial charge in [-0.2, -0.15) is 0 Å². The molecule has 0 unspecified atom stereocenters. The SMILES string of the molecule is Cc1cc2c(cc1/C=C1\SC(=O)N(Cc3ccccc3Cl)C1=O)[C@@H](C)CC(C)(C)N2C. The van der Waals surface area contributed by atoms with E-state index in [0.29, 0.717) is 15.8 Å². The smallest absolute Gasteiger partial charge is 0.293 e. The third-order valence-corrected chi connectivity index (χ3v) is 7.74. The number of hydrogen-bond acceptors (Lipinski definition) is 4. The maximum absolute atomic E-state index is 13.0. The lowest BCUT2D eigenvalue weighted by atomic mass is 9.79. The van der Waals surface area contributed by atoms with Gasteiger partial charge < -0.3 is 4.90 Å². The Morgan fingerprint density at radius 1 is 1.23 bits per heavy atom. The number of imide groups is 1. The third-order valence-electron chi connectivity index (χ3n) is 6.47. The average Bonchev–Trinajstić information content (AvgIpc) is 2.96. The Morgan fingerprint density at radius 3 is 2.65 bits per heavy atom. The molecule has 0 bridgehead atoms. The van der Waals surface area contributed by atoms with E-state index in [1.807, 2.05) is 24.3 Å². The van der Waals surface area contributed by atoms with E-state index in [-0.39, 0.29) is 23.2 Å². The Morgan fingerprint density at radius 2 is 1.94 bits per heavy atom. The van der Waals surface area contributed by atoms with Crippen molar-refractivity contribution in [1.82, 2.24) is 4.90 Å². The fourth-order valence-electron chi connectivity index (χ4n) is 4.46. The average molecular weight is 455 g/mol. The number of hydrogen-bond donors (Lipinski definition) is 0. The highest BCUT2D eigenvalue weighted by atomic mass is 35.5. The molecule has 4 rings (SSSR count). The first-order chi connectivity index (χ1) is 14.6. The molecule has 0 saturated carbocycles. The van der Waals surface area contributed by atoms with Crippen molar-refractivity contribution in [2.75, 3.05) is 11.9 Å². The fourth-order valence-corrected chi connectivity index (χ4v) is 5.49. The molecule has 2 aromatic carbocycles. The summed E-state index contributed by atoms with van der Waals surface area (Å²) in [4.78, 5) is 29.6. The Bertz CT molecular complexity index is 1110. The van der Waals surface area contributed by atoms with Crippen molar-refractivity contribution in [1.29, 1.82) is 0 Å². The molecule has 4 nitrogen and oxygen atoms in total. The summed E-state index contributed by atoms with van der Waals surface area (Å²) >= 11 is 7.22. The van der Waals surface area contributed by atoms with Crippen LogP contribution in [0, 0.1) is 6.92 Å². The van der Waals surface area contributed by atoms with Crippen molar-refractivity contribution >= 4 is 46.3 Å². The minimum absolute atomic E-state index is 0.0989. The molecule has 0 aliphatic carbocycles. The molecule has 6 heteroatoms. The summed E-state index contributed by atoms with van der Waals surface area (Å²) in [6.07, 6.45) is 2.92. The quantitative estimate of drug-likeness (QED) is 0.489. The Labute approximate surface area is 193 Å². The Kier molecular flexibility index (Phi) is 5.69. The number of benzene rings is 2. The van der Waals surface area contributed by atoms with Crippen LogP contribution in [-0.2, 0) is 11.3 Å². The number of aryl methyl sites for hydroxylation is 1. The zero-order chi connectivity index (χ0) is 22.5. The van der Waals surface area contributed by atoms with E-state index >= 15 is 0 Å². The largest absolute Gasteiger partial charge is 0.369 e. The monoisotopic (exact) mass is 454 g/mol. The van der Waals surface area contributed by atoms with Crippen molar-refractivity contribution in [3.63, 3.8) is 0 Å². The van der Waals surface area contributed by atoms with E-state index in [1.54, 1.807) is 6.07 Å². The van der Waals surface area contributed by atoms with Crippen molar-refractivity contribution in [3.05, 3.63) is 68.6 Å². The molecule has 0 aromatic heterocycles. The first-order valence-corrected chi connectivity index (χ1v) is 11.6. The molecule has 2 amide bonds. The number of carbonyl (C=O) groups excluding carboxylic acids is 2. The zero-order valence-corrected chi connectivity index (χ0v) is 20.1. The number of nitrogens with zero attached hydrogens (tertiary/aromatic N) is 2. The van der Waals surface area contributed by atoms with Crippen LogP contribution in [0.5, 0.6) is 0 Å². The number of fused-ring (bicyclic) bond motifs is 1. The molecule has 2 heterocycles.